The number of benzene rings is 5. The fourth-order valence-electron chi connectivity index (χ4n) is 8.40. The Morgan fingerprint density at radius 1 is 0.800 bits per heavy atom. The monoisotopic (exact) mass is 1060 g/mol. The minimum Gasteiger partial charge on any atom is -0.457 e. The molecule has 1 fully saturated rings. The number of ether oxygens (including phenoxy) is 2. The number of amides is 2. The molecule has 0 aliphatic carbocycles. The lowest BCUT2D eigenvalue weighted by Gasteiger charge is -2.49. The van der Waals surface area contributed by atoms with E-state index in [-0.39, 0.29) is 22.9 Å². The molecule has 0 saturated carbocycles. The molecule has 7 aromatic rings. The number of esters is 2. The number of hydrogen-bond donors (Lipinski definition) is 2. The van der Waals surface area contributed by atoms with E-state index in [1.165, 1.54) is 58.3 Å². The van der Waals surface area contributed by atoms with Gasteiger partial charge in [-0.15, -0.1) is 28.2 Å². The molecule has 0 spiro atoms. The van der Waals surface area contributed by atoms with Gasteiger partial charge >= 0.3 is 11.9 Å². The summed E-state index contributed by atoms with van der Waals surface area (Å²) in [6.45, 7) is 8.16. The highest BCUT2D eigenvalue weighted by molar-refractivity contribution is 8.02. The van der Waals surface area contributed by atoms with Crippen LogP contribution in [-0.4, -0.2) is 87.9 Å². The van der Waals surface area contributed by atoms with Crippen molar-refractivity contribution >= 4 is 69.5 Å². The van der Waals surface area contributed by atoms with Crippen molar-refractivity contribution in [3.8, 4) is 0 Å². The molecule has 0 radical (unpaired) electrons. The Balaban J connectivity index is 1.05. The Kier molecular flexibility index (Phi) is 15.5. The smallest absolute Gasteiger partial charge is 0.356 e. The molecule has 2 atom stereocenters. The first-order valence-corrected chi connectivity index (χ1v) is 26.7. The van der Waals surface area contributed by atoms with Gasteiger partial charge in [-0.3, -0.25) is 14.5 Å². The third kappa shape index (κ3) is 11.4. The molecular formula is C56H53N9O7S3. The number of carbonyl (C=O) groups excluding carboxylic acids is 4. The molecule has 5 aromatic carbocycles. The maximum Gasteiger partial charge on any atom is 0.356 e. The Morgan fingerprint density at radius 2 is 1.35 bits per heavy atom. The van der Waals surface area contributed by atoms with Gasteiger partial charge in [0.2, 0.25) is 10.8 Å². The maximum absolute atomic E-state index is 14.9. The summed E-state index contributed by atoms with van der Waals surface area (Å²) in [6, 6.07) is 47.5. The predicted octanol–water partition coefficient (Wildman–Crippen LogP) is 9.20. The number of anilines is 1. The SMILES string of the molecule is Cn1nnnc1SC=CC1=C(C(=O)OC(c2ccccc2)c2ccccc2)N2C(=O)C(NC(=O)C(=NOC(C)(C)C(=O)OC(C)(C)C)c3csc(NC(c4ccccc4)(c4ccccc4)c4ccccc4)n3)C2SC1. The number of nitrogens with zero attached hydrogens (tertiary/aromatic N) is 7. The van der Waals surface area contributed by atoms with Gasteiger partial charge in [0.15, 0.2) is 16.9 Å². The van der Waals surface area contributed by atoms with E-state index in [2.05, 4.69) is 31.3 Å². The predicted molar refractivity (Wildman–Crippen MR) is 289 cm³/mol. The third-order valence-electron chi connectivity index (χ3n) is 12.1. The first-order valence-electron chi connectivity index (χ1n) is 23.9. The zero-order chi connectivity index (χ0) is 52.7. The largest absolute Gasteiger partial charge is 0.457 e. The molecule has 2 unspecified atom stereocenters. The Morgan fingerprint density at radius 3 is 1.87 bits per heavy atom. The van der Waals surface area contributed by atoms with Gasteiger partial charge in [0.1, 0.15) is 33.9 Å². The summed E-state index contributed by atoms with van der Waals surface area (Å²) in [5, 5.41) is 26.2. The van der Waals surface area contributed by atoms with E-state index in [1.807, 2.05) is 152 Å². The summed E-state index contributed by atoms with van der Waals surface area (Å²) >= 11 is 3.83. The van der Waals surface area contributed by atoms with Gasteiger partial charge in [-0.25, -0.2) is 19.3 Å². The number of rotatable bonds is 18. The summed E-state index contributed by atoms with van der Waals surface area (Å²) in [7, 11) is 1.71. The average Bonchev–Trinajstić information content (AvgIpc) is 4.07. The number of hydrogen-bond acceptors (Lipinski definition) is 16. The highest BCUT2D eigenvalue weighted by Crippen LogP contribution is 2.44. The quantitative estimate of drug-likeness (QED) is 0.0206. The highest BCUT2D eigenvalue weighted by Gasteiger charge is 2.55. The van der Waals surface area contributed by atoms with Crippen molar-refractivity contribution in [3.63, 3.8) is 0 Å². The van der Waals surface area contributed by atoms with Crippen molar-refractivity contribution in [2.45, 2.75) is 74.0 Å². The molecule has 2 aliphatic heterocycles. The second-order valence-electron chi connectivity index (χ2n) is 18.9. The first kappa shape index (κ1) is 52.0. The van der Waals surface area contributed by atoms with Crippen LogP contribution in [0.3, 0.4) is 0 Å². The van der Waals surface area contributed by atoms with Crippen LogP contribution >= 0.6 is 34.9 Å². The van der Waals surface area contributed by atoms with Crippen molar-refractivity contribution in [2.24, 2.45) is 12.2 Å². The van der Waals surface area contributed by atoms with Crippen LogP contribution in [0.4, 0.5) is 5.13 Å². The summed E-state index contributed by atoms with van der Waals surface area (Å²) in [5.74, 6) is -2.56. The number of aryl methyl sites for hydroxylation is 1. The number of aromatic nitrogens is 5. The normalized spacial score (nSPS) is 16.1. The standard InChI is InChI=1S/C56H53N9O7S3/c1-54(2,3)71-51(69)55(4,5)72-61-43(42-35-75-52(57-42)59-56(39-26-16-9-17-27-39,40-28-18-10-19-29-40)41-30-20-11-21-31-41)47(66)58-44-48(67)65-45(38(34-74-49(44)65)32-33-73-53-60-62-63-64(53)6)50(68)70-46(36-22-12-7-13-23-36)37-24-14-8-15-25-37/h7-33,35,44,46,49H,34H2,1-6H3,(H,57,59)(H,58,66). The van der Waals surface area contributed by atoms with E-state index >= 15 is 0 Å². The van der Waals surface area contributed by atoms with Crippen LogP contribution in [-0.2, 0) is 46.1 Å². The van der Waals surface area contributed by atoms with Crippen molar-refractivity contribution in [2.75, 3.05) is 11.1 Å². The van der Waals surface area contributed by atoms with Crippen molar-refractivity contribution < 1.29 is 33.5 Å². The van der Waals surface area contributed by atoms with Crippen LogP contribution in [0.1, 0.15) is 74.2 Å². The lowest BCUT2D eigenvalue weighted by molar-refractivity contribution is -0.179. The summed E-state index contributed by atoms with van der Waals surface area (Å²) < 4.78 is 13.5. The Bertz CT molecular complexity index is 3120. The van der Waals surface area contributed by atoms with Crippen molar-refractivity contribution in [1.82, 2.24) is 35.4 Å². The van der Waals surface area contributed by atoms with Gasteiger partial charge in [-0.05, 0) is 89.9 Å². The molecule has 19 heteroatoms. The molecule has 4 heterocycles. The minimum absolute atomic E-state index is 0.0318. The van der Waals surface area contributed by atoms with Gasteiger partial charge in [0.05, 0.1) is 0 Å². The highest BCUT2D eigenvalue weighted by atomic mass is 32.2. The van der Waals surface area contributed by atoms with Gasteiger partial charge in [0.25, 0.3) is 11.8 Å². The molecule has 9 rings (SSSR count). The van der Waals surface area contributed by atoms with E-state index in [1.54, 1.807) is 44.7 Å². The van der Waals surface area contributed by atoms with Gasteiger partial charge < -0.3 is 24.9 Å². The van der Waals surface area contributed by atoms with E-state index in [0.29, 0.717) is 15.9 Å². The molecule has 2 aromatic heterocycles. The van der Waals surface area contributed by atoms with Crippen LogP contribution in [0, 0.1) is 0 Å². The van der Waals surface area contributed by atoms with Crippen molar-refractivity contribution in [3.05, 3.63) is 213 Å². The molecule has 2 amide bonds. The Labute approximate surface area is 446 Å². The average molecular weight is 1060 g/mol. The molecule has 2 N–H and O–H groups in total. The van der Waals surface area contributed by atoms with Gasteiger partial charge in [-0.2, -0.15) is 0 Å². The van der Waals surface area contributed by atoms with Crippen LogP contribution in [0.25, 0.3) is 0 Å². The Hall–Kier alpha value is -7.87. The molecule has 16 nitrogen and oxygen atoms in total. The minimum atomic E-state index is -1.66. The van der Waals surface area contributed by atoms with Crippen LogP contribution in [0.15, 0.2) is 190 Å². The number of oxime groups is 1. The molecule has 382 valence electrons. The van der Waals surface area contributed by atoms with Gasteiger partial charge in [0, 0.05) is 18.2 Å². The number of tetrazole rings is 1. The summed E-state index contributed by atoms with van der Waals surface area (Å²) in [5.41, 5.74) is 1.13. The number of thiazole rings is 1. The van der Waals surface area contributed by atoms with E-state index in [9.17, 15) is 19.2 Å². The number of nitrogens with one attached hydrogen (secondary N) is 2. The fraction of sp³-hybridized carbons (Fsp3) is 0.232. The van der Waals surface area contributed by atoms with Crippen LogP contribution in [0.5, 0.6) is 0 Å². The van der Waals surface area contributed by atoms with E-state index in [0.717, 1.165) is 27.8 Å². The zero-order valence-corrected chi connectivity index (χ0v) is 44.3. The lowest BCUT2D eigenvalue weighted by atomic mass is 9.77. The maximum atomic E-state index is 14.9. The number of carbonyl (C=O) groups is 4. The van der Waals surface area contributed by atoms with Crippen LogP contribution < -0.4 is 10.6 Å². The molecule has 2 aliphatic rings. The van der Waals surface area contributed by atoms with Gasteiger partial charge in [-0.1, -0.05) is 169 Å². The molecule has 1 saturated heterocycles. The van der Waals surface area contributed by atoms with E-state index < -0.39 is 58.0 Å². The fourth-order valence-corrected chi connectivity index (χ4v) is 11.1. The molecule has 75 heavy (non-hydrogen) atoms. The summed E-state index contributed by atoms with van der Waals surface area (Å²) in [6.07, 6.45) is 0.930. The number of allylic oxidation sites excluding steroid dienone is 1. The zero-order valence-electron chi connectivity index (χ0n) is 41.8. The first-order chi connectivity index (χ1) is 36.1. The van der Waals surface area contributed by atoms with Crippen LogP contribution in [0.2, 0.25) is 0 Å². The second kappa shape index (κ2) is 22.3. The van der Waals surface area contributed by atoms with E-state index in [4.69, 9.17) is 19.3 Å². The molecule has 0 bridgehead atoms. The summed E-state index contributed by atoms with van der Waals surface area (Å²) in [4.78, 5) is 69.9. The van der Waals surface area contributed by atoms with Crippen molar-refractivity contribution in [1.29, 1.82) is 0 Å². The number of fused-ring (bicyclic) bond motifs is 1. The third-order valence-corrected chi connectivity index (χ3v) is 15.0. The number of β-lactam (4-membered cyclic amide) rings is 1. The number of thioether (sulfide) groups is 2. The molecular weight excluding hydrogens is 1010 g/mol. The second-order valence-corrected chi connectivity index (χ2v) is 21.7. The topological polar surface area (TPSA) is 192 Å². The lowest BCUT2D eigenvalue weighted by Crippen LogP contribution is -2.71.